The largest absolute Gasteiger partial charge is 0.354 e. The van der Waals surface area contributed by atoms with E-state index in [-0.39, 0.29) is 6.04 Å². The molecule has 3 heterocycles. The van der Waals surface area contributed by atoms with Gasteiger partial charge in [-0.2, -0.15) is 4.98 Å². The van der Waals surface area contributed by atoms with E-state index in [1.165, 1.54) is 0 Å². The van der Waals surface area contributed by atoms with Crippen LogP contribution < -0.4 is 4.90 Å². The van der Waals surface area contributed by atoms with E-state index < -0.39 is 0 Å². The predicted molar refractivity (Wildman–Crippen MR) is 84.8 cm³/mol. The molecule has 1 unspecified atom stereocenters. The lowest BCUT2D eigenvalue weighted by atomic mass is 10.2. The molecule has 6 heteroatoms. The van der Waals surface area contributed by atoms with Gasteiger partial charge in [0.15, 0.2) is 5.82 Å². The van der Waals surface area contributed by atoms with Crippen molar-refractivity contribution in [2.24, 2.45) is 0 Å². The van der Waals surface area contributed by atoms with Gasteiger partial charge in [0.1, 0.15) is 5.82 Å². The van der Waals surface area contributed by atoms with Crippen molar-refractivity contribution in [1.29, 1.82) is 0 Å². The highest BCUT2D eigenvalue weighted by Crippen LogP contribution is 2.23. The number of rotatable bonds is 4. The number of pyridine rings is 1. The van der Waals surface area contributed by atoms with Crippen molar-refractivity contribution in [2.45, 2.75) is 32.7 Å². The summed E-state index contributed by atoms with van der Waals surface area (Å²) in [4.78, 5) is 13.6. The molecule has 118 valence electrons. The first kappa shape index (κ1) is 15.0. The van der Waals surface area contributed by atoms with Crippen LogP contribution >= 0.6 is 0 Å². The summed E-state index contributed by atoms with van der Waals surface area (Å²) in [7, 11) is 0. The van der Waals surface area contributed by atoms with Crippen LogP contribution in [0.2, 0.25) is 0 Å². The molecule has 0 aromatic carbocycles. The van der Waals surface area contributed by atoms with Crippen molar-refractivity contribution < 1.29 is 4.52 Å². The Hall–Kier alpha value is -1.95. The molecule has 2 aromatic heterocycles. The number of hydrogen-bond acceptors (Lipinski definition) is 6. The summed E-state index contributed by atoms with van der Waals surface area (Å²) in [5.74, 6) is 2.85. The van der Waals surface area contributed by atoms with Crippen LogP contribution in [0.1, 0.15) is 44.4 Å². The lowest BCUT2D eigenvalue weighted by Crippen LogP contribution is -2.47. The van der Waals surface area contributed by atoms with Crippen molar-refractivity contribution in [3.8, 4) is 0 Å². The summed E-state index contributed by atoms with van der Waals surface area (Å²) in [6, 6.07) is 6.20. The fourth-order valence-electron chi connectivity index (χ4n) is 2.69. The quantitative estimate of drug-likeness (QED) is 0.864. The van der Waals surface area contributed by atoms with Crippen LogP contribution in [0.25, 0.3) is 0 Å². The monoisotopic (exact) mass is 301 g/mol. The van der Waals surface area contributed by atoms with Crippen molar-refractivity contribution >= 4 is 5.82 Å². The van der Waals surface area contributed by atoms with Gasteiger partial charge in [0.25, 0.3) is 0 Å². The Morgan fingerprint density at radius 1 is 1.09 bits per heavy atom. The first-order valence-corrected chi connectivity index (χ1v) is 7.88. The highest BCUT2D eigenvalue weighted by molar-refractivity contribution is 5.38. The molecule has 0 N–H and O–H groups in total. The maximum absolute atomic E-state index is 5.42. The van der Waals surface area contributed by atoms with E-state index in [9.17, 15) is 0 Å². The number of hydrogen-bond donors (Lipinski definition) is 0. The second-order valence-corrected chi connectivity index (χ2v) is 6.03. The van der Waals surface area contributed by atoms with E-state index in [0.29, 0.717) is 5.92 Å². The lowest BCUT2D eigenvalue weighted by molar-refractivity contribution is 0.164. The number of anilines is 1. The smallest absolute Gasteiger partial charge is 0.243 e. The van der Waals surface area contributed by atoms with Crippen LogP contribution in [-0.2, 0) is 0 Å². The summed E-state index contributed by atoms with van der Waals surface area (Å²) in [6.07, 6.45) is 1.84. The van der Waals surface area contributed by atoms with Gasteiger partial charge in [-0.25, -0.2) is 4.98 Å². The summed E-state index contributed by atoms with van der Waals surface area (Å²) >= 11 is 0. The van der Waals surface area contributed by atoms with Crippen LogP contribution in [0, 0.1) is 0 Å². The third kappa shape index (κ3) is 3.11. The van der Waals surface area contributed by atoms with E-state index in [4.69, 9.17) is 4.52 Å². The van der Waals surface area contributed by atoms with Gasteiger partial charge < -0.3 is 9.42 Å². The zero-order valence-corrected chi connectivity index (χ0v) is 13.4. The van der Waals surface area contributed by atoms with E-state index in [0.717, 1.165) is 43.7 Å². The van der Waals surface area contributed by atoms with E-state index in [1.807, 2.05) is 18.3 Å². The molecule has 0 bridgehead atoms. The second-order valence-electron chi connectivity index (χ2n) is 6.03. The minimum Gasteiger partial charge on any atom is -0.354 e. The molecule has 0 amide bonds. The molecule has 1 fully saturated rings. The molecule has 1 atom stereocenters. The number of piperazine rings is 1. The SMILES string of the molecule is CC(C)c1noc(C(C)N2CCN(c3ccccn3)CC2)n1. The summed E-state index contributed by atoms with van der Waals surface area (Å²) < 4.78 is 5.42. The number of aromatic nitrogens is 3. The molecule has 2 aromatic rings. The zero-order chi connectivity index (χ0) is 15.5. The molecular formula is C16H23N5O. The van der Waals surface area contributed by atoms with Gasteiger partial charge in [-0.05, 0) is 19.1 Å². The summed E-state index contributed by atoms with van der Waals surface area (Å²) in [5, 5.41) is 4.06. The van der Waals surface area contributed by atoms with Crippen LogP contribution in [0.4, 0.5) is 5.82 Å². The minimum absolute atomic E-state index is 0.158. The summed E-state index contributed by atoms with van der Waals surface area (Å²) in [5.41, 5.74) is 0. The van der Waals surface area contributed by atoms with Crippen LogP contribution in [0.5, 0.6) is 0 Å². The van der Waals surface area contributed by atoms with Gasteiger partial charge in [0.2, 0.25) is 5.89 Å². The molecule has 3 rings (SSSR count). The first-order valence-electron chi connectivity index (χ1n) is 7.88. The fourth-order valence-corrected chi connectivity index (χ4v) is 2.69. The molecule has 1 aliphatic rings. The number of nitrogens with zero attached hydrogens (tertiary/aromatic N) is 5. The average molecular weight is 301 g/mol. The van der Waals surface area contributed by atoms with Gasteiger partial charge >= 0.3 is 0 Å². The molecule has 6 nitrogen and oxygen atoms in total. The normalized spacial score (nSPS) is 17.9. The van der Waals surface area contributed by atoms with E-state index in [2.05, 4.69) is 51.8 Å². The molecule has 1 aliphatic heterocycles. The molecular weight excluding hydrogens is 278 g/mol. The third-order valence-electron chi connectivity index (χ3n) is 4.17. The van der Waals surface area contributed by atoms with Crippen LogP contribution in [0.3, 0.4) is 0 Å². The first-order chi connectivity index (χ1) is 10.6. The van der Waals surface area contributed by atoms with E-state index >= 15 is 0 Å². The van der Waals surface area contributed by atoms with Gasteiger partial charge in [-0.3, -0.25) is 4.90 Å². The molecule has 0 radical (unpaired) electrons. The van der Waals surface area contributed by atoms with Gasteiger partial charge in [0, 0.05) is 38.3 Å². The van der Waals surface area contributed by atoms with Crippen LogP contribution in [-0.4, -0.2) is 46.2 Å². The topological polar surface area (TPSA) is 58.3 Å². The third-order valence-corrected chi connectivity index (χ3v) is 4.17. The Balaban J connectivity index is 1.60. The molecule has 0 spiro atoms. The fraction of sp³-hybridized carbons (Fsp3) is 0.562. The molecule has 1 saturated heterocycles. The highest BCUT2D eigenvalue weighted by Gasteiger charge is 2.26. The maximum Gasteiger partial charge on any atom is 0.243 e. The Labute approximate surface area is 131 Å². The second kappa shape index (κ2) is 6.44. The van der Waals surface area contributed by atoms with Crippen molar-refractivity contribution in [3.63, 3.8) is 0 Å². The maximum atomic E-state index is 5.42. The van der Waals surface area contributed by atoms with Gasteiger partial charge in [-0.15, -0.1) is 0 Å². The average Bonchev–Trinajstić information content (AvgIpc) is 3.05. The standard InChI is InChI=1S/C16H23N5O/c1-12(2)15-18-16(22-19-15)13(3)20-8-10-21(11-9-20)14-6-4-5-7-17-14/h4-7,12-13H,8-11H2,1-3H3. The molecule has 22 heavy (non-hydrogen) atoms. The lowest BCUT2D eigenvalue weighted by Gasteiger charge is -2.37. The Bertz CT molecular complexity index is 590. The Morgan fingerprint density at radius 3 is 2.45 bits per heavy atom. The van der Waals surface area contributed by atoms with Crippen molar-refractivity contribution in [2.75, 3.05) is 31.1 Å². The van der Waals surface area contributed by atoms with E-state index in [1.54, 1.807) is 0 Å². The van der Waals surface area contributed by atoms with Crippen molar-refractivity contribution in [3.05, 3.63) is 36.1 Å². The Kier molecular flexibility index (Phi) is 4.38. The van der Waals surface area contributed by atoms with Crippen molar-refractivity contribution in [1.82, 2.24) is 20.0 Å². The van der Waals surface area contributed by atoms with Gasteiger partial charge in [-0.1, -0.05) is 25.1 Å². The predicted octanol–water partition coefficient (Wildman–Crippen LogP) is 2.47. The minimum atomic E-state index is 0.158. The van der Waals surface area contributed by atoms with Gasteiger partial charge in [0.05, 0.1) is 6.04 Å². The zero-order valence-electron chi connectivity index (χ0n) is 13.4. The Morgan fingerprint density at radius 2 is 1.86 bits per heavy atom. The highest BCUT2D eigenvalue weighted by atomic mass is 16.5. The molecule has 0 aliphatic carbocycles. The summed E-state index contributed by atoms with van der Waals surface area (Å²) in [6.45, 7) is 10.2. The van der Waals surface area contributed by atoms with Crippen LogP contribution in [0.15, 0.2) is 28.9 Å². The molecule has 0 saturated carbocycles.